The highest BCUT2D eigenvalue weighted by Gasteiger charge is 2.47. The topological polar surface area (TPSA) is 82.8 Å². The zero-order valence-electron chi connectivity index (χ0n) is 16.1. The monoisotopic (exact) mass is 383 g/mol. The van der Waals surface area contributed by atoms with Crippen LogP contribution in [0, 0.1) is 11.3 Å². The van der Waals surface area contributed by atoms with E-state index in [4.69, 9.17) is 10.2 Å². The molecule has 6 heteroatoms. The first-order valence-electron chi connectivity index (χ1n) is 10.1. The molecule has 1 aromatic carbocycles. The van der Waals surface area contributed by atoms with Crippen molar-refractivity contribution in [2.45, 2.75) is 37.5 Å². The van der Waals surface area contributed by atoms with Gasteiger partial charge in [-0.05, 0) is 49.8 Å². The lowest BCUT2D eigenvalue weighted by molar-refractivity contribution is -0.109. The van der Waals surface area contributed by atoms with Crippen molar-refractivity contribution in [1.29, 1.82) is 5.26 Å². The summed E-state index contributed by atoms with van der Waals surface area (Å²) in [5, 5.41) is 10.0. The standard InChI is InChI=1S/C23H21N5O/c24-11-21-26-12-17(13-27-21)16-4-5-20-18(10-16)22(28-8-2-1-3-9-28)19(14-25-20)23(15-29)6-7-23/h4-5,10,12-15H,1-3,6-9H2. The Morgan fingerprint density at radius 3 is 2.41 bits per heavy atom. The molecule has 0 radical (unpaired) electrons. The summed E-state index contributed by atoms with van der Waals surface area (Å²) >= 11 is 0. The van der Waals surface area contributed by atoms with Crippen LogP contribution in [0.15, 0.2) is 36.8 Å². The summed E-state index contributed by atoms with van der Waals surface area (Å²) in [4.78, 5) is 27.3. The molecule has 0 spiro atoms. The quantitative estimate of drug-likeness (QED) is 0.638. The van der Waals surface area contributed by atoms with E-state index >= 15 is 0 Å². The van der Waals surface area contributed by atoms with Gasteiger partial charge in [0.1, 0.15) is 12.4 Å². The molecule has 0 atom stereocenters. The summed E-state index contributed by atoms with van der Waals surface area (Å²) in [6, 6.07) is 8.10. The van der Waals surface area contributed by atoms with E-state index in [0.717, 1.165) is 65.5 Å². The van der Waals surface area contributed by atoms with Crippen molar-refractivity contribution >= 4 is 22.9 Å². The van der Waals surface area contributed by atoms with Crippen LogP contribution in [0.1, 0.15) is 43.5 Å². The SMILES string of the molecule is N#Cc1ncc(-c2ccc3ncc(C4(C=O)CC4)c(N4CCCCC4)c3c2)cn1. The number of piperidine rings is 1. The maximum Gasteiger partial charge on any atom is 0.232 e. The molecule has 1 aliphatic carbocycles. The molecule has 0 N–H and O–H groups in total. The number of rotatable bonds is 4. The zero-order valence-corrected chi connectivity index (χ0v) is 16.1. The number of aldehydes is 1. The third kappa shape index (κ3) is 3.03. The van der Waals surface area contributed by atoms with Gasteiger partial charge in [-0.1, -0.05) is 6.07 Å². The van der Waals surface area contributed by atoms with Crippen LogP contribution in [0.25, 0.3) is 22.0 Å². The minimum Gasteiger partial charge on any atom is -0.371 e. The van der Waals surface area contributed by atoms with E-state index in [9.17, 15) is 4.79 Å². The Balaban J connectivity index is 1.70. The van der Waals surface area contributed by atoms with Crippen LogP contribution in [0.2, 0.25) is 0 Å². The summed E-state index contributed by atoms with van der Waals surface area (Å²) in [7, 11) is 0. The highest BCUT2D eigenvalue weighted by Crippen LogP contribution is 2.51. The Labute approximate surface area is 169 Å². The number of nitrogens with zero attached hydrogens (tertiary/aromatic N) is 5. The number of fused-ring (bicyclic) bond motifs is 1. The van der Waals surface area contributed by atoms with Crippen LogP contribution in [-0.2, 0) is 10.2 Å². The van der Waals surface area contributed by atoms with E-state index in [1.165, 1.54) is 19.3 Å². The van der Waals surface area contributed by atoms with Gasteiger partial charge in [-0.2, -0.15) is 5.26 Å². The second-order valence-corrected chi connectivity index (χ2v) is 7.98. The average Bonchev–Trinajstić information content (AvgIpc) is 3.60. The van der Waals surface area contributed by atoms with Crippen LogP contribution in [0.3, 0.4) is 0 Å². The van der Waals surface area contributed by atoms with Crippen LogP contribution in [-0.4, -0.2) is 34.3 Å². The Morgan fingerprint density at radius 1 is 1.00 bits per heavy atom. The van der Waals surface area contributed by atoms with Crippen molar-refractivity contribution in [2.75, 3.05) is 18.0 Å². The minimum atomic E-state index is -0.373. The average molecular weight is 383 g/mol. The molecule has 1 saturated carbocycles. The molecule has 2 aliphatic rings. The summed E-state index contributed by atoms with van der Waals surface area (Å²) < 4.78 is 0. The van der Waals surface area contributed by atoms with Gasteiger partial charge in [0.15, 0.2) is 0 Å². The van der Waals surface area contributed by atoms with Crippen molar-refractivity contribution in [3.05, 3.63) is 48.2 Å². The van der Waals surface area contributed by atoms with Crippen LogP contribution in [0.4, 0.5) is 5.69 Å². The fourth-order valence-corrected chi connectivity index (χ4v) is 4.30. The number of nitriles is 1. The predicted molar refractivity (Wildman–Crippen MR) is 111 cm³/mol. The molecule has 29 heavy (non-hydrogen) atoms. The highest BCUT2D eigenvalue weighted by atomic mass is 16.1. The van der Waals surface area contributed by atoms with E-state index in [0.29, 0.717) is 0 Å². The largest absolute Gasteiger partial charge is 0.371 e. The van der Waals surface area contributed by atoms with E-state index in [1.807, 2.05) is 24.4 Å². The number of hydrogen-bond acceptors (Lipinski definition) is 6. The number of carbonyl (C=O) groups is 1. The molecule has 3 aromatic rings. The molecule has 2 aromatic heterocycles. The fourth-order valence-electron chi connectivity index (χ4n) is 4.30. The van der Waals surface area contributed by atoms with Gasteiger partial charge in [0.05, 0.1) is 16.6 Å². The normalized spacial score (nSPS) is 17.7. The molecule has 5 rings (SSSR count). The first-order valence-corrected chi connectivity index (χ1v) is 10.1. The number of anilines is 1. The van der Waals surface area contributed by atoms with Gasteiger partial charge < -0.3 is 9.69 Å². The van der Waals surface area contributed by atoms with E-state index < -0.39 is 0 Å². The van der Waals surface area contributed by atoms with Crippen molar-refractivity contribution in [3.8, 4) is 17.2 Å². The first kappa shape index (κ1) is 17.7. The van der Waals surface area contributed by atoms with Gasteiger partial charge in [-0.15, -0.1) is 0 Å². The van der Waals surface area contributed by atoms with Crippen molar-refractivity contribution in [1.82, 2.24) is 15.0 Å². The van der Waals surface area contributed by atoms with Gasteiger partial charge in [0.25, 0.3) is 0 Å². The zero-order chi connectivity index (χ0) is 19.8. The van der Waals surface area contributed by atoms with Gasteiger partial charge in [-0.3, -0.25) is 4.98 Å². The molecule has 3 heterocycles. The molecular formula is C23H21N5O. The van der Waals surface area contributed by atoms with Crippen molar-refractivity contribution in [2.24, 2.45) is 0 Å². The van der Waals surface area contributed by atoms with Gasteiger partial charge in [0, 0.05) is 48.2 Å². The molecule has 0 bridgehead atoms. The molecule has 0 amide bonds. The van der Waals surface area contributed by atoms with E-state index in [2.05, 4.69) is 20.9 Å². The Hall–Kier alpha value is -3.33. The number of hydrogen-bond donors (Lipinski definition) is 0. The number of carbonyl (C=O) groups excluding carboxylic acids is 1. The molecule has 1 saturated heterocycles. The number of benzene rings is 1. The molecule has 0 unspecified atom stereocenters. The molecule has 1 aliphatic heterocycles. The second kappa shape index (κ2) is 6.93. The summed E-state index contributed by atoms with van der Waals surface area (Å²) in [5.41, 5.74) is 4.62. The molecular weight excluding hydrogens is 362 g/mol. The van der Waals surface area contributed by atoms with E-state index in [1.54, 1.807) is 12.4 Å². The van der Waals surface area contributed by atoms with Crippen molar-refractivity contribution < 1.29 is 4.79 Å². The van der Waals surface area contributed by atoms with Crippen LogP contribution >= 0.6 is 0 Å². The minimum absolute atomic E-state index is 0.161. The van der Waals surface area contributed by atoms with Crippen molar-refractivity contribution in [3.63, 3.8) is 0 Å². The smallest absolute Gasteiger partial charge is 0.232 e. The molecule has 6 nitrogen and oxygen atoms in total. The maximum absolute atomic E-state index is 11.9. The molecule has 2 fully saturated rings. The Kier molecular flexibility index (Phi) is 4.24. The Bertz CT molecular complexity index is 1120. The van der Waals surface area contributed by atoms with E-state index in [-0.39, 0.29) is 11.2 Å². The number of pyridine rings is 1. The Morgan fingerprint density at radius 2 is 1.76 bits per heavy atom. The van der Waals surface area contributed by atoms with Gasteiger partial charge in [-0.25, -0.2) is 9.97 Å². The summed E-state index contributed by atoms with van der Waals surface area (Å²) in [6.07, 6.45) is 11.8. The fraction of sp³-hybridized carbons (Fsp3) is 0.348. The third-order valence-electron chi connectivity index (χ3n) is 6.15. The van der Waals surface area contributed by atoms with Crippen LogP contribution in [0.5, 0.6) is 0 Å². The van der Waals surface area contributed by atoms with Crippen LogP contribution < -0.4 is 4.90 Å². The van der Waals surface area contributed by atoms with Gasteiger partial charge >= 0.3 is 0 Å². The van der Waals surface area contributed by atoms with Gasteiger partial charge in [0.2, 0.25) is 5.82 Å². The maximum atomic E-state index is 11.9. The highest BCUT2D eigenvalue weighted by molar-refractivity contribution is 5.98. The lowest BCUT2D eigenvalue weighted by atomic mass is 9.92. The molecule has 144 valence electrons. The number of aromatic nitrogens is 3. The summed E-state index contributed by atoms with van der Waals surface area (Å²) in [5.74, 6) is 0.161. The first-order chi connectivity index (χ1) is 14.2. The second-order valence-electron chi connectivity index (χ2n) is 7.98. The third-order valence-corrected chi connectivity index (χ3v) is 6.15. The summed E-state index contributed by atoms with van der Waals surface area (Å²) in [6.45, 7) is 2.01. The predicted octanol–water partition coefficient (Wildman–Crippen LogP) is 3.78. The lowest BCUT2D eigenvalue weighted by Gasteiger charge is -2.33. The lowest BCUT2D eigenvalue weighted by Crippen LogP contribution is -2.31.